The second-order valence-corrected chi connectivity index (χ2v) is 6.88. The first-order valence-corrected chi connectivity index (χ1v) is 9.57. The van der Waals surface area contributed by atoms with Crippen LogP contribution in [0.2, 0.25) is 0 Å². The summed E-state index contributed by atoms with van der Waals surface area (Å²) in [4.78, 5) is 19.0. The highest BCUT2D eigenvalue weighted by Crippen LogP contribution is 2.27. The normalized spacial score (nSPS) is 17.3. The van der Waals surface area contributed by atoms with E-state index < -0.39 is 0 Å². The molecule has 3 rings (SSSR count). The van der Waals surface area contributed by atoms with Crippen LogP contribution >= 0.6 is 0 Å². The molecule has 2 unspecified atom stereocenters. The number of aryl methyl sites for hydroxylation is 1. The molecule has 2 heterocycles. The number of pyridine rings is 1. The van der Waals surface area contributed by atoms with Crippen molar-refractivity contribution in [1.29, 1.82) is 5.26 Å². The number of rotatable bonds is 7. The molecule has 1 fully saturated rings. The third kappa shape index (κ3) is 4.85. The van der Waals surface area contributed by atoms with Gasteiger partial charge in [-0.05, 0) is 68.0 Å². The van der Waals surface area contributed by atoms with Gasteiger partial charge in [0, 0.05) is 24.6 Å². The summed E-state index contributed by atoms with van der Waals surface area (Å²) < 4.78 is 5.85. The van der Waals surface area contributed by atoms with Crippen LogP contribution in [0.3, 0.4) is 0 Å². The molecule has 1 aromatic heterocycles. The van der Waals surface area contributed by atoms with Gasteiger partial charge >= 0.3 is 5.97 Å². The Hall–Kier alpha value is -2.87. The van der Waals surface area contributed by atoms with E-state index in [2.05, 4.69) is 16.0 Å². The van der Waals surface area contributed by atoms with Gasteiger partial charge in [0.25, 0.3) is 0 Å². The molecule has 27 heavy (non-hydrogen) atoms. The number of anilines is 1. The lowest BCUT2D eigenvalue weighted by Crippen LogP contribution is -2.39. The molecule has 1 saturated heterocycles. The predicted octanol–water partition coefficient (Wildman–Crippen LogP) is 3.88. The molecule has 0 saturated carbocycles. The van der Waals surface area contributed by atoms with Gasteiger partial charge < -0.3 is 9.64 Å². The van der Waals surface area contributed by atoms with Crippen molar-refractivity contribution in [2.24, 2.45) is 0 Å². The number of hydrogen-bond donors (Lipinski definition) is 0. The van der Waals surface area contributed by atoms with Crippen molar-refractivity contribution < 1.29 is 9.53 Å². The maximum Gasteiger partial charge on any atom is 0.329 e. The van der Waals surface area contributed by atoms with Crippen LogP contribution in [0.5, 0.6) is 0 Å². The number of aromatic nitrogens is 1. The summed E-state index contributed by atoms with van der Waals surface area (Å²) in [6.45, 7) is 2.88. The van der Waals surface area contributed by atoms with Crippen molar-refractivity contribution in [3.8, 4) is 6.07 Å². The van der Waals surface area contributed by atoms with E-state index in [9.17, 15) is 4.79 Å². The second-order valence-electron chi connectivity index (χ2n) is 6.88. The standard InChI is InChI=1S/C22H25N3O2/c1-2-20(12-9-18-5-3-13-24-16-18)27-22(26)21-6-4-14-25(21)19-10-7-17(15-23)8-11-19/h3,5,7-8,10-11,13,16,20-21H,2,4,6,9,12,14H2,1H3. The summed E-state index contributed by atoms with van der Waals surface area (Å²) in [7, 11) is 0. The van der Waals surface area contributed by atoms with E-state index in [1.54, 1.807) is 18.3 Å². The molecule has 2 atom stereocenters. The van der Waals surface area contributed by atoms with Crippen molar-refractivity contribution in [2.45, 2.75) is 51.2 Å². The zero-order valence-electron chi connectivity index (χ0n) is 15.7. The van der Waals surface area contributed by atoms with Gasteiger partial charge in [0.2, 0.25) is 0 Å². The number of carbonyl (C=O) groups is 1. The Morgan fingerprint density at radius 1 is 1.37 bits per heavy atom. The predicted molar refractivity (Wildman–Crippen MR) is 104 cm³/mol. The number of benzene rings is 1. The molecule has 0 bridgehead atoms. The van der Waals surface area contributed by atoms with Crippen molar-refractivity contribution >= 4 is 11.7 Å². The molecule has 0 spiro atoms. The van der Waals surface area contributed by atoms with Gasteiger partial charge in [-0.2, -0.15) is 5.26 Å². The molecule has 0 amide bonds. The number of nitrogens with zero attached hydrogens (tertiary/aromatic N) is 3. The highest BCUT2D eigenvalue weighted by Gasteiger charge is 2.33. The van der Waals surface area contributed by atoms with E-state index in [-0.39, 0.29) is 18.1 Å². The Labute approximate surface area is 160 Å². The van der Waals surface area contributed by atoms with Crippen molar-refractivity contribution in [1.82, 2.24) is 4.98 Å². The number of esters is 1. The van der Waals surface area contributed by atoms with Crippen LogP contribution in [0.15, 0.2) is 48.8 Å². The van der Waals surface area contributed by atoms with Crippen LogP contribution < -0.4 is 4.90 Å². The number of nitriles is 1. The van der Waals surface area contributed by atoms with E-state index in [0.717, 1.165) is 49.9 Å². The van der Waals surface area contributed by atoms with E-state index in [4.69, 9.17) is 10.00 Å². The third-order valence-corrected chi connectivity index (χ3v) is 5.07. The minimum absolute atomic E-state index is 0.0823. The lowest BCUT2D eigenvalue weighted by Gasteiger charge is -2.27. The Morgan fingerprint density at radius 2 is 2.19 bits per heavy atom. The Morgan fingerprint density at radius 3 is 2.85 bits per heavy atom. The van der Waals surface area contributed by atoms with Crippen LogP contribution in [0.4, 0.5) is 5.69 Å². The monoisotopic (exact) mass is 363 g/mol. The van der Waals surface area contributed by atoms with Crippen molar-refractivity contribution in [3.05, 3.63) is 59.9 Å². The summed E-state index contributed by atoms with van der Waals surface area (Å²) >= 11 is 0. The average molecular weight is 363 g/mol. The molecule has 0 aliphatic carbocycles. The quantitative estimate of drug-likeness (QED) is 0.699. The maximum absolute atomic E-state index is 12.8. The zero-order chi connectivity index (χ0) is 19.1. The molecule has 1 aliphatic heterocycles. The number of carbonyl (C=O) groups excluding carboxylic acids is 1. The topological polar surface area (TPSA) is 66.2 Å². The van der Waals surface area contributed by atoms with Gasteiger partial charge in [0.05, 0.1) is 11.6 Å². The lowest BCUT2D eigenvalue weighted by atomic mass is 10.1. The molecule has 140 valence electrons. The largest absolute Gasteiger partial charge is 0.461 e. The van der Waals surface area contributed by atoms with Crippen LogP contribution in [0.1, 0.15) is 43.7 Å². The summed E-state index contributed by atoms with van der Waals surface area (Å²) in [5.41, 5.74) is 2.75. The van der Waals surface area contributed by atoms with E-state index in [0.29, 0.717) is 5.56 Å². The SMILES string of the molecule is CCC(CCc1cccnc1)OC(=O)C1CCCN1c1ccc(C#N)cc1. The first kappa shape index (κ1) is 18.9. The molecule has 5 heteroatoms. The zero-order valence-corrected chi connectivity index (χ0v) is 15.7. The minimum Gasteiger partial charge on any atom is -0.461 e. The Bertz CT molecular complexity index is 783. The fourth-order valence-electron chi connectivity index (χ4n) is 3.51. The summed E-state index contributed by atoms with van der Waals surface area (Å²) in [5.74, 6) is -0.144. The fraction of sp³-hybridized carbons (Fsp3) is 0.409. The maximum atomic E-state index is 12.8. The smallest absolute Gasteiger partial charge is 0.329 e. The van der Waals surface area contributed by atoms with Crippen LogP contribution in [0.25, 0.3) is 0 Å². The van der Waals surface area contributed by atoms with Crippen molar-refractivity contribution in [2.75, 3.05) is 11.4 Å². The third-order valence-electron chi connectivity index (χ3n) is 5.07. The molecule has 1 aromatic carbocycles. The van der Waals surface area contributed by atoms with Crippen LogP contribution in [0, 0.1) is 11.3 Å². The average Bonchev–Trinajstić information content (AvgIpc) is 3.22. The van der Waals surface area contributed by atoms with E-state index >= 15 is 0 Å². The molecule has 2 aromatic rings. The van der Waals surface area contributed by atoms with Gasteiger partial charge in [0.1, 0.15) is 12.1 Å². The molecule has 0 radical (unpaired) electrons. The van der Waals surface area contributed by atoms with Gasteiger partial charge in [-0.15, -0.1) is 0 Å². The highest BCUT2D eigenvalue weighted by atomic mass is 16.5. The first-order chi connectivity index (χ1) is 13.2. The first-order valence-electron chi connectivity index (χ1n) is 9.57. The number of hydrogen-bond acceptors (Lipinski definition) is 5. The minimum atomic E-state index is -0.245. The fourth-order valence-corrected chi connectivity index (χ4v) is 3.51. The molecule has 5 nitrogen and oxygen atoms in total. The molecule has 0 N–H and O–H groups in total. The Kier molecular flexibility index (Phi) is 6.43. The van der Waals surface area contributed by atoms with Crippen LogP contribution in [-0.4, -0.2) is 29.6 Å². The number of ether oxygens (including phenoxy) is 1. The van der Waals surface area contributed by atoms with Gasteiger partial charge in [-0.1, -0.05) is 13.0 Å². The summed E-state index contributed by atoms with van der Waals surface area (Å²) in [6, 6.07) is 13.2. The molecule has 1 aliphatic rings. The van der Waals surface area contributed by atoms with E-state index in [1.807, 2.05) is 37.4 Å². The van der Waals surface area contributed by atoms with Crippen LogP contribution in [-0.2, 0) is 16.0 Å². The lowest BCUT2D eigenvalue weighted by molar-refractivity contribution is -0.150. The van der Waals surface area contributed by atoms with Gasteiger partial charge in [0.15, 0.2) is 0 Å². The van der Waals surface area contributed by atoms with E-state index in [1.165, 1.54) is 0 Å². The molecular formula is C22H25N3O2. The summed E-state index contributed by atoms with van der Waals surface area (Å²) in [5, 5.41) is 8.95. The molecular weight excluding hydrogens is 338 g/mol. The van der Waals surface area contributed by atoms with Gasteiger partial charge in [-0.25, -0.2) is 4.79 Å². The Balaban J connectivity index is 1.60. The van der Waals surface area contributed by atoms with Crippen molar-refractivity contribution in [3.63, 3.8) is 0 Å². The highest BCUT2D eigenvalue weighted by molar-refractivity contribution is 5.81. The second kappa shape index (κ2) is 9.18. The van der Waals surface area contributed by atoms with Gasteiger partial charge in [-0.3, -0.25) is 4.98 Å². The summed E-state index contributed by atoms with van der Waals surface area (Å²) in [6.07, 6.45) is 7.76.